The molecule has 26 heavy (non-hydrogen) atoms. The monoisotopic (exact) mass is 393 g/mol. The Labute approximate surface area is 162 Å². The van der Waals surface area contributed by atoms with Gasteiger partial charge in [-0.3, -0.25) is 14.9 Å². The first kappa shape index (κ1) is 20.2. The summed E-state index contributed by atoms with van der Waals surface area (Å²) in [7, 11) is 0. The Balaban J connectivity index is 0.00000243. The second-order valence-electron chi connectivity index (χ2n) is 6.03. The van der Waals surface area contributed by atoms with Gasteiger partial charge in [-0.25, -0.2) is 0 Å². The summed E-state index contributed by atoms with van der Waals surface area (Å²) in [6.07, 6.45) is 1.77. The smallest absolute Gasteiger partial charge is 0.283 e. The van der Waals surface area contributed by atoms with Gasteiger partial charge < -0.3 is 10.6 Å². The molecule has 2 atom stereocenters. The van der Waals surface area contributed by atoms with E-state index < -0.39 is 4.92 Å². The number of nitro benzene ring substituents is 1. The fourth-order valence-electron chi connectivity index (χ4n) is 3.20. The summed E-state index contributed by atoms with van der Waals surface area (Å²) in [5.74, 6) is -0.143. The Morgan fingerprint density at radius 1 is 1.23 bits per heavy atom. The zero-order chi connectivity index (χ0) is 18.0. The molecule has 0 aliphatic carbocycles. The summed E-state index contributed by atoms with van der Waals surface area (Å²) in [4.78, 5) is 25.8. The second kappa shape index (κ2) is 8.53. The molecule has 1 heterocycles. The molecule has 0 spiro atoms. The zero-order valence-electron chi connectivity index (χ0n) is 14.2. The lowest BCUT2D eigenvalue weighted by Crippen LogP contribution is -2.32. The van der Waals surface area contributed by atoms with Gasteiger partial charge >= 0.3 is 0 Å². The highest BCUT2D eigenvalue weighted by atomic mass is 35.5. The van der Waals surface area contributed by atoms with Crippen molar-refractivity contribution in [3.63, 3.8) is 0 Å². The Bertz CT molecular complexity index is 804. The van der Waals surface area contributed by atoms with E-state index in [9.17, 15) is 14.9 Å². The number of rotatable bonds is 4. The number of amides is 1. The van der Waals surface area contributed by atoms with Crippen LogP contribution in [0.3, 0.4) is 0 Å². The van der Waals surface area contributed by atoms with E-state index in [4.69, 9.17) is 5.73 Å². The Morgan fingerprint density at radius 2 is 1.92 bits per heavy atom. The first-order chi connectivity index (χ1) is 12.0. The number of likely N-dealkylation sites (tertiary alicyclic amines) is 1. The van der Waals surface area contributed by atoms with Gasteiger partial charge in [0.2, 0.25) is 0 Å². The maximum absolute atomic E-state index is 12.8. The molecule has 8 heteroatoms. The largest absolute Gasteiger partial charge is 0.336 e. The van der Waals surface area contributed by atoms with Gasteiger partial charge in [-0.15, -0.1) is 24.2 Å². The molecule has 2 aromatic carbocycles. The minimum Gasteiger partial charge on any atom is -0.336 e. The highest BCUT2D eigenvalue weighted by Crippen LogP contribution is 2.31. The molecule has 1 aliphatic heterocycles. The quantitative estimate of drug-likeness (QED) is 0.489. The number of nitrogens with zero attached hydrogens (tertiary/aromatic N) is 2. The lowest BCUT2D eigenvalue weighted by atomic mass is 9.95. The van der Waals surface area contributed by atoms with Crippen LogP contribution in [-0.4, -0.2) is 41.1 Å². The minimum atomic E-state index is -0.453. The maximum Gasteiger partial charge on any atom is 0.283 e. The van der Waals surface area contributed by atoms with Crippen molar-refractivity contribution >= 4 is 35.8 Å². The Morgan fingerprint density at radius 3 is 2.54 bits per heavy atom. The molecule has 0 saturated carbocycles. The fraction of sp³-hybridized carbons (Fsp3) is 0.278. The predicted octanol–water partition coefficient (Wildman–Crippen LogP) is 3.31. The third-order valence-corrected chi connectivity index (χ3v) is 5.29. The molecule has 0 aromatic heterocycles. The minimum absolute atomic E-state index is 0. The molecular weight excluding hydrogens is 374 g/mol. The summed E-state index contributed by atoms with van der Waals surface area (Å²) in [5, 5.41) is 11.2. The number of thioether (sulfide) groups is 1. The number of nitro groups is 1. The van der Waals surface area contributed by atoms with Gasteiger partial charge in [-0.1, -0.05) is 30.3 Å². The first-order valence-electron chi connectivity index (χ1n) is 7.93. The predicted molar refractivity (Wildman–Crippen MR) is 105 cm³/mol. The van der Waals surface area contributed by atoms with Crippen molar-refractivity contribution in [1.82, 2.24) is 4.90 Å². The number of halogens is 1. The molecule has 138 valence electrons. The van der Waals surface area contributed by atoms with Crippen molar-refractivity contribution in [2.75, 3.05) is 19.3 Å². The van der Waals surface area contributed by atoms with Crippen LogP contribution in [-0.2, 0) is 0 Å². The fourth-order valence-corrected chi connectivity index (χ4v) is 3.74. The molecule has 1 aliphatic rings. The molecule has 1 fully saturated rings. The van der Waals surface area contributed by atoms with Crippen LogP contribution < -0.4 is 5.73 Å². The van der Waals surface area contributed by atoms with Crippen molar-refractivity contribution in [3.05, 3.63) is 69.8 Å². The number of benzene rings is 2. The maximum atomic E-state index is 12.8. The van der Waals surface area contributed by atoms with E-state index in [1.54, 1.807) is 23.3 Å². The average Bonchev–Trinajstić information content (AvgIpc) is 3.03. The van der Waals surface area contributed by atoms with Crippen molar-refractivity contribution < 1.29 is 9.72 Å². The van der Waals surface area contributed by atoms with Gasteiger partial charge in [0.05, 0.1) is 9.82 Å². The van der Waals surface area contributed by atoms with Crippen LogP contribution in [0, 0.1) is 10.1 Å². The number of carbonyl (C=O) groups excluding carboxylic acids is 1. The Kier molecular flexibility index (Phi) is 6.63. The van der Waals surface area contributed by atoms with Gasteiger partial charge in [-0.05, 0) is 24.0 Å². The van der Waals surface area contributed by atoms with Crippen molar-refractivity contribution in [2.45, 2.75) is 16.9 Å². The lowest BCUT2D eigenvalue weighted by molar-refractivity contribution is -0.387. The van der Waals surface area contributed by atoms with Gasteiger partial charge in [0.15, 0.2) is 0 Å². The molecule has 6 nitrogen and oxygen atoms in total. The highest BCUT2D eigenvalue weighted by Gasteiger charge is 2.34. The standard InChI is InChI=1S/C18H19N3O3S.ClH/c1-25-17-8-7-13(9-16(17)21(23)24)18(22)20-10-14(15(19)11-20)12-5-3-2-4-6-12;/h2-9,14-15H,10-11,19H2,1H3;1H/t14-,15+;/m0./s1. The SMILES string of the molecule is CSc1ccc(C(=O)N2C[C@@H](N)[C@H](c3ccccc3)C2)cc1[N+](=O)[O-].Cl. The third kappa shape index (κ3) is 4.00. The van der Waals surface area contributed by atoms with E-state index >= 15 is 0 Å². The lowest BCUT2D eigenvalue weighted by Gasteiger charge is -2.17. The van der Waals surface area contributed by atoms with Crippen LogP contribution in [0.15, 0.2) is 53.4 Å². The molecule has 3 rings (SSSR count). The average molecular weight is 394 g/mol. The van der Waals surface area contributed by atoms with E-state index in [2.05, 4.69) is 0 Å². The molecule has 0 radical (unpaired) electrons. The molecule has 2 aromatic rings. The van der Waals surface area contributed by atoms with Crippen LogP contribution in [0.25, 0.3) is 0 Å². The summed E-state index contributed by atoms with van der Waals surface area (Å²) in [6, 6.07) is 14.4. The normalized spacial score (nSPS) is 19.1. The number of carbonyl (C=O) groups is 1. The van der Waals surface area contributed by atoms with Gasteiger partial charge in [0, 0.05) is 36.7 Å². The van der Waals surface area contributed by atoms with Crippen LogP contribution >= 0.6 is 24.2 Å². The van der Waals surface area contributed by atoms with E-state index in [1.165, 1.54) is 17.8 Å². The summed E-state index contributed by atoms with van der Waals surface area (Å²) in [6.45, 7) is 0.957. The molecule has 0 bridgehead atoms. The summed E-state index contributed by atoms with van der Waals surface area (Å²) in [5.41, 5.74) is 7.63. The number of nitrogens with two attached hydrogens (primary N) is 1. The van der Waals surface area contributed by atoms with E-state index in [0.29, 0.717) is 23.5 Å². The summed E-state index contributed by atoms with van der Waals surface area (Å²) >= 11 is 1.29. The van der Waals surface area contributed by atoms with Crippen molar-refractivity contribution in [3.8, 4) is 0 Å². The Hall–Kier alpha value is -2.09. The summed E-state index contributed by atoms with van der Waals surface area (Å²) < 4.78 is 0. The number of hydrogen-bond acceptors (Lipinski definition) is 5. The third-order valence-electron chi connectivity index (χ3n) is 4.50. The molecule has 0 unspecified atom stereocenters. The first-order valence-corrected chi connectivity index (χ1v) is 9.16. The van der Waals surface area contributed by atoms with E-state index in [1.807, 2.05) is 30.3 Å². The van der Waals surface area contributed by atoms with Crippen LogP contribution in [0.4, 0.5) is 5.69 Å². The second-order valence-corrected chi connectivity index (χ2v) is 6.88. The van der Waals surface area contributed by atoms with Crippen molar-refractivity contribution in [1.29, 1.82) is 0 Å². The molecule has 1 amide bonds. The van der Waals surface area contributed by atoms with Gasteiger partial charge in [-0.2, -0.15) is 0 Å². The van der Waals surface area contributed by atoms with Gasteiger partial charge in [0.25, 0.3) is 11.6 Å². The van der Waals surface area contributed by atoms with Crippen LogP contribution in [0.1, 0.15) is 21.8 Å². The zero-order valence-corrected chi connectivity index (χ0v) is 15.8. The van der Waals surface area contributed by atoms with Gasteiger partial charge in [0.1, 0.15) is 0 Å². The topological polar surface area (TPSA) is 89.5 Å². The van der Waals surface area contributed by atoms with E-state index in [-0.39, 0.29) is 36.0 Å². The molecular formula is C18H20ClN3O3S. The molecule has 2 N–H and O–H groups in total. The van der Waals surface area contributed by atoms with Crippen molar-refractivity contribution in [2.24, 2.45) is 5.73 Å². The number of hydrogen-bond donors (Lipinski definition) is 1. The van der Waals surface area contributed by atoms with Crippen LogP contribution in [0.5, 0.6) is 0 Å². The molecule has 1 saturated heterocycles. The van der Waals surface area contributed by atoms with E-state index in [0.717, 1.165) is 5.56 Å². The van der Waals surface area contributed by atoms with Crippen LogP contribution in [0.2, 0.25) is 0 Å². The highest BCUT2D eigenvalue weighted by molar-refractivity contribution is 7.98.